The third-order valence-corrected chi connectivity index (χ3v) is 5.50. The smallest absolute Gasteiger partial charge is 0.341 e. The molecule has 0 spiro atoms. The third-order valence-electron chi connectivity index (χ3n) is 5.50. The summed E-state index contributed by atoms with van der Waals surface area (Å²) >= 11 is 0. The van der Waals surface area contributed by atoms with Gasteiger partial charge in [-0.05, 0) is 43.7 Å². The van der Waals surface area contributed by atoms with Gasteiger partial charge in [0, 0.05) is 30.7 Å². The Hall–Kier alpha value is -2.37. The van der Waals surface area contributed by atoms with Crippen LogP contribution in [-0.4, -0.2) is 28.7 Å². The lowest BCUT2D eigenvalue weighted by Gasteiger charge is -2.42. The number of rotatable bonds is 4. The van der Waals surface area contributed by atoms with E-state index in [2.05, 4.69) is 6.92 Å². The molecule has 1 aliphatic heterocycles. The van der Waals surface area contributed by atoms with Gasteiger partial charge in [-0.15, -0.1) is 0 Å². The highest BCUT2D eigenvalue weighted by molar-refractivity contribution is 5.95. The molecule has 2 heterocycles. The maximum atomic E-state index is 14.8. The summed E-state index contributed by atoms with van der Waals surface area (Å²) in [6.45, 7) is 5.60. The van der Waals surface area contributed by atoms with E-state index < -0.39 is 17.2 Å². The topological polar surface area (TPSA) is 62.5 Å². The molecule has 25 heavy (non-hydrogen) atoms. The Balaban J connectivity index is 1.97. The van der Waals surface area contributed by atoms with Crippen molar-refractivity contribution in [1.82, 2.24) is 4.57 Å². The van der Waals surface area contributed by atoms with E-state index in [9.17, 15) is 19.1 Å². The molecular weight excluding hydrogens is 323 g/mol. The number of fused-ring (bicyclic) bond motifs is 1. The molecule has 0 atom stereocenters. The molecule has 0 bridgehead atoms. The number of benzene rings is 1. The molecule has 1 aromatic carbocycles. The Kier molecular flexibility index (Phi) is 3.60. The molecule has 0 unspecified atom stereocenters. The minimum atomic E-state index is -1.27. The molecule has 1 N–H and O–H groups in total. The summed E-state index contributed by atoms with van der Waals surface area (Å²) in [5.74, 6) is -1.13. The van der Waals surface area contributed by atoms with Crippen molar-refractivity contribution in [3.8, 4) is 0 Å². The Morgan fingerprint density at radius 2 is 2.04 bits per heavy atom. The number of aromatic carboxylic acids is 1. The molecule has 1 saturated heterocycles. The van der Waals surface area contributed by atoms with Crippen LogP contribution in [0.3, 0.4) is 0 Å². The van der Waals surface area contributed by atoms with Crippen molar-refractivity contribution in [3.63, 3.8) is 0 Å². The van der Waals surface area contributed by atoms with Crippen molar-refractivity contribution in [2.75, 3.05) is 18.0 Å². The predicted octanol–water partition coefficient (Wildman–Crippen LogP) is 3.33. The van der Waals surface area contributed by atoms with E-state index >= 15 is 0 Å². The highest BCUT2D eigenvalue weighted by Crippen LogP contribution is 2.41. The summed E-state index contributed by atoms with van der Waals surface area (Å²) in [6, 6.07) is 1.42. The van der Waals surface area contributed by atoms with Crippen LogP contribution in [0.4, 0.5) is 10.1 Å². The number of pyridine rings is 1. The Labute approximate surface area is 144 Å². The number of anilines is 1. The van der Waals surface area contributed by atoms with Crippen molar-refractivity contribution in [1.29, 1.82) is 0 Å². The minimum absolute atomic E-state index is 0.165. The van der Waals surface area contributed by atoms with E-state index in [4.69, 9.17) is 0 Å². The molecular formula is C19H21FN2O3. The molecule has 132 valence electrons. The van der Waals surface area contributed by atoms with E-state index in [1.807, 2.05) is 16.4 Å². The van der Waals surface area contributed by atoms with E-state index in [0.29, 0.717) is 17.1 Å². The van der Waals surface area contributed by atoms with Gasteiger partial charge >= 0.3 is 5.97 Å². The van der Waals surface area contributed by atoms with Gasteiger partial charge in [-0.1, -0.05) is 6.92 Å². The van der Waals surface area contributed by atoms with Crippen LogP contribution in [0.15, 0.2) is 17.1 Å². The third kappa shape index (κ3) is 2.42. The number of nitrogens with zero attached hydrogens (tertiary/aromatic N) is 2. The standard InChI is InChI=1S/C19H21FN2O3/c1-3-11-7-21(8-11)17-10(2)16-13(6-15(17)20)18(23)14(19(24)25)9-22(16)12-4-5-12/h6,9,11-12H,3-5,7-8H2,1-2H3,(H,24,25). The highest BCUT2D eigenvalue weighted by atomic mass is 19.1. The first-order valence-corrected chi connectivity index (χ1v) is 8.78. The van der Waals surface area contributed by atoms with Crippen LogP contribution in [0.5, 0.6) is 0 Å². The van der Waals surface area contributed by atoms with Gasteiger partial charge in [0.25, 0.3) is 0 Å². The summed E-state index contributed by atoms with van der Waals surface area (Å²) in [4.78, 5) is 26.0. The number of aromatic nitrogens is 1. The van der Waals surface area contributed by atoms with Crippen LogP contribution in [0.2, 0.25) is 0 Å². The largest absolute Gasteiger partial charge is 0.477 e. The molecule has 2 aliphatic rings. The highest BCUT2D eigenvalue weighted by Gasteiger charge is 2.32. The molecule has 0 radical (unpaired) electrons. The van der Waals surface area contributed by atoms with Crippen LogP contribution < -0.4 is 10.3 Å². The van der Waals surface area contributed by atoms with E-state index in [-0.39, 0.29) is 17.0 Å². The molecule has 0 amide bonds. The van der Waals surface area contributed by atoms with Crippen molar-refractivity contribution >= 4 is 22.6 Å². The Morgan fingerprint density at radius 1 is 1.36 bits per heavy atom. The molecule has 4 rings (SSSR count). The van der Waals surface area contributed by atoms with Crippen molar-refractivity contribution in [2.45, 2.75) is 39.2 Å². The van der Waals surface area contributed by atoms with Crippen molar-refractivity contribution in [2.24, 2.45) is 5.92 Å². The number of carbonyl (C=O) groups is 1. The number of hydrogen-bond donors (Lipinski definition) is 1. The average molecular weight is 344 g/mol. The number of hydrogen-bond acceptors (Lipinski definition) is 3. The molecule has 2 fully saturated rings. The lowest BCUT2D eigenvalue weighted by molar-refractivity contribution is 0.0695. The maximum Gasteiger partial charge on any atom is 0.341 e. The number of halogens is 1. The maximum absolute atomic E-state index is 14.8. The van der Waals surface area contributed by atoms with Crippen LogP contribution in [-0.2, 0) is 0 Å². The Bertz CT molecular complexity index is 940. The van der Waals surface area contributed by atoms with Crippen molar-refractivity contribution in [3.05, 3.63) is 39.4 Å². The van der Waals surface area contributed by atoms with Crippen LogP contribution in [0.25, 0.3) is 10.9 Å². The van der Waals surface area contributed by atoms with Crippen LogP contribution in [0, 0.1) is 18.7 Å². The zero-order valence-corrected chi connectivity index (χ0v) is 14.4. The minimum Gasteiger partial charge on any atom is -0.477 e. The molecule has 5 nitrogen and oxygen atoms in total. The summed E-state index contributed by atoms with van der Waals surface area (Å²) in [5.41, 5.74) is 1.05. The van der Waals surface area contributed by atoms with Gasteiger partial charge < -0.3 is 14.6 Å². The van der Waals surface area contributed by atoms with Crippen LogP contribution >= 0.6 is 0 Å². The molecule has 1 aliphatic carbocycles. The second-order valence-electron chi connectivity index (χ2n) is 7.22. The second-order valence-corrected chi connectivity index (χ2v) is 7.22. The van der Waals surface area contributed by atoms with Gasteiger partial charge in [0.1, 0.15) is 11.4 Å². The van der Waals surface area contributed by atoms with E-state index in [0.717, 1.165) is 37.9 Å². The van der Waals surface area contributed by atoms with Gasteiger partial charge in [-0.25, -0.2) is 9.18 Å². The first-order valence-electron chi connectivity index (χ1n) is 8.78. The first-order chi connectivity index (χ1) is 11.9. The van der Waals surface area contributed by atoms with E-state index in [1.54, 1.807) is 0 Å². The normalized spacial score (nSPS) is 17.8. The average Bonchev–Trinajstić information content (AvgIpc) is 3.34. The lowest BCUT2D eigenvalue weighted by Crippen LogP contribution is -2.47. The summed E-state index contributed by atoms with van der Waals surface area (Å²) in [7, 11) is 0. The molecule has 1 saturated carbocycles. The van der Waals surface area contributed by atoms with Gasteiger partial charge in [0.15, 0.2) is 0 Å². The number of carboxylic acid groups (broad SMARTS) is 1. The zero-order valence-electron chi connectivity index (χ0n) is 14.4. The monoisotopic (exact) mass is 344 g/mol. The fourth-order valence-corrected chi connectivity index (χ4v) is 3.86. The molecule has 6 heteroatoms. The summed E-state index contributed by atoms with van der Waals surface area (Å²) < 4.78 is 16.7. The fourth-order valence-electron chi connectivity index (χ4n) is 3.86. The molecule has 1 aromatic heterocycles. The van der Waals surface area contributed by atoms with Gasteiger partial charge in [-0.2, -0.15) is 0 Å². The lowest BCUT2D eigenvalue weighted by atomic mass is 9.94. The van der Waals surface area contributed by atoms with Gasteiger partial charge in [-0.3, -0.25) is 4.79 Å². The van der Waals surface area contributed by atoms with Gasteiger partial charge in [0.05, 0.1) is 11.2 Å². The second kappa shape index (κ2) is 5.58. The SMILES string of the molecule is CCC1CN(c2c(F)cc3c(=O)c(C(=O)O)cn(C4CC4)c3c2C)C1. The van der Waals surface area contributed by atoms with Crippen LogP contribution in [0.1, 0.15) is 48.1 Å². The number of carboxylic acids is 1. The van der Waals surface area contributed by atoms with E-state index in [1.165, 1.54) is 12.3 Å². The quantitative estimate of drug-likeness (QED) is 0.924. The van der Waals surface area contributed by atoms with Gasteiger partial charge in [0.2, 0.25) is 5.43 Å². The number of aryl methyl sites for hydroxylation is 1. The first kappa shape index (κ1) is 16.1. The summed E-state index contributed by atoms with van der Waals surface area (Å²) in [5, 5.41) is 9.49. The zero-order chi connectivity index (χ0) is 17.9. The fraction of sp³-hybridized carbons (Fsp3) is 0.474. The summed E-state index contributed by atoms with van der Waals surface area (Å²) in [6.07, 6.45) is 4.40. The van der Waals surface area contributed by atoms with Crippen molar-refractivity contribution < 1.29 is 14.3 Å². The predicted molar refractivity (Wildman–Crippen MR) is 94.1 cm³/mol. The molecule has 2 aromatic rings. The Morgan fingerprint density at radius 3 is 2.60 bits per heavy atom.